The highest BCUT2D eigenvalue weighted by Gasteiger charge is 2.29. The van der Waals surface area contributed by atoms with Crippen LogP contribution in [0, 0.1) is 6.92 Å². The maximum Gasteiger partial charge on any atom is 0.322 e. The lowest BCUT2D eigenvalue weighted by molar-refractivity contribution is -0.144. The molecule has 2 rings (SSSR count). The van der Waals surface area contributed by atoms with E-state index in [1.54, 1.807) is 4.90 Å². The van der Waals surface area contributed by atoms with Gasteiger partial charge >= 0.3 is 5.97 Å². The summed E-state index contributed by atoms with van der Waals surface area (Å²) in [5.74, 6) is -1.10. The molecule has 20 heavy (non-hydrogen) atoms. The standard InChI is InChI=1S/C14H19N3O3/c1-10-2-4-11(5-3-10)16-13(18)9-17-7-6-15-8-12(17)14(19)20/h2-5,12,15H,6-9H2,1H3,(H,16,18)(H,19,20). The largest absolute Gasteiger partial charge is 0.480 e. The third-order valence-corrected chi connectivity index (χ3v) is 3.32. The van der Waals surface area contributed by atoms with Gasteiger partial charge in [0.2, 0.25) is 5.91 Å². The van der Waals surface area contributed by atoms with E-state index >= 15 is 0 Å². The molecule has 1 saturated heterocycles. The van der Waals surface area contributed by atoms with Crippen molar-refractivity contribution < 1.29 is 14.7 Å². The maximum atomic E-state index is 12.0. The van der Waals surface area contributed by atoms with E-state index in [0.717, 1.165) is 11.3 Å². The van der Waals surface area contributed by atoms with Gasteiger partial charge in [0, 0.05) is 25.3 Å². The Morgan fingerprint density at radius 2 is 2.10 bits per heavy atom. The Balaban J connectivity index is 1.92. The van der Waals surface area contributed by atoms with Crippen molar-refractivity contribution in [2.24, 2.45) is 0 Å². The van der Waals surface area contributed by atoms with E-state index in [4.69, 9.17) is 5.11 Å². The van der Waals surface area contributed by atoms with Crippen LogP contribution in [0.15, 0.2) is 24.3 Å². The van der Waals surface area contributed by atoms with Gasteiger partial charge in [0.25, 0.3) is 0 Å². The van der Waals surface area contributed by atoms with Crippen LogP contribution in [-0.2, 0) is 9.59 Å². The van der Waals surface area contributed by atoms with Crippen LogP contribution in [0.3, 0.4) is 0 Å². The summed E-state index contributed by atoms with van der Waals surface area (Å²) in [5, 5.41) is 14.9. The zero-order chi connectivity index (χ0) is 14.5. The summed E-state index contributed by atoms with van der Waals surface area (Å²) in [5.41, 5.74) is 1.85. The Morgan fingerprint density at radius 1 is 1.40 bits per heavy atom. The fourth-order valence-electron chi connectivity index (χ4n) is 2.20. The number of carboxylic acid groups (broad SMARTS) is 1. The summed E-state index contributed by atoms with van der Waals surface area (Å²) in [4.78, 5) is 24.8. The number of benzene rings is 1. The predicted octanol–water partition coefficient (Wildman–Crippen LogP) is 0.292. The fourth-order valence-corrected chi connectivity index (χ4v) is 2.20. The van der Waals surface area contributed by atoms with Crippen LogP contribution in [0.25, 0.3) is 0 Å². The molecule has 1 heterocycles. The van der Waals surface area contributed by atoms with Crippen LogP contribution in [0.1, 0.15) is 5.56 Å². The minimum Gasteiger partial charge on any atom is -0.480 e. The fraction of sp³-hybridized carbons (Fsp3) is 0.429. The molecule has 0 saturated carbocycles. The first-order chi connectivity index (χ1) is 9.56. The minimum atomic E-state index is -0.902. The minimum absolute atomic E-state index is 0.0898. The average Bonchev–Trinajstić information content (AvgIpc) is 2.41. The molecule has 1 aromatic rings. The molecule has 1 aromatic carbocycles. The van der Waals surface area contributed by atoms with Crippen molar-refractivity contribution in [1.82, 2.24) is 10.2 Å². The van der Waals surface area contributed by atoms with Gasteiger partial charge < -0.3 is 15.7 Å². The molecule has 6 nitrogen and oxygen atoms in total. The van der Waals surface area contributed by atoms with E-state index in [1.807, 2.05) is 31.2 Å². The monoisotopic (exact) mass is 277 g/mol. The van der Waals surface area contributed by atoms with Crippen LogP contribution in [0.2, 0.25) is 0 Å². The third-order valence-electron chi connectivity index (χ3n) is 3.32. The molecular weight excluding hydrogens is 258 g/mol. The second-order valence-electron chi connectivity index (χ2n) is 4.94. The highest BCUT2D eigenvalue weighted by atomic mass is 16.4. The summed E-state index contributed by atoms with van der Waals surface area (Å²) in [7, 11) is 0. The number of hydrogen-bond donors (Lipinski definition) is 3. The number of nitrogens with one attached hydrogen (secondary N) is 2. The van der Waals surface area contributed by atoms with Gasteiger partial charge in [0.05, 0.1) is 6.54 Å². The molecular formula is C14H19N3O3. The lowest BCUT2D eigenvalue weighted by atomic mass is 10.2. The average molecular weight is 277 g/mol. The Morgan fingerprint density at radius 3 is 2.75 bits per heavy atom. The molecule has 1 aliphatic rings. The quantitative estimate of drug-likeness (QED) is 0.737. The van der Waals surface area contributed by atoms with Gasteiger partial charge in [0.15, 0.2) is 0 Å². The molecule has 6 heteroatoms. The number of carbonyl (C=O) groups is 2. The van der Waals surface area contributed by atoms with E-state index in [1.165, 1.54) is 0 Å². The number of carboxylic acids is 1. The molecule has 0 aromatic heterocycles. The van der Waals surface area contributed by atoms with Crippen LogP contribution in [0.4, 0.5) is 5.69 Å². The van der Waals surface area contributed by atoms with E-state index < -0.39 is 12.0 Å². The van der Waals surface area contributed by atoms with E-state index in [9.17, 15) is 9.59 Å². The number of piperazine rings is 1. The molecule has 0 aliphatic carbocycles. The Bertz CT molecular complexity index is 487. The second-order valence-corrected chi connectivity index (χ2v) is 4.94. The summed E-state index contributed by atoms with van der Waals surface area (Å²) >= 11 is 0. The van der Waals surface area contributed by atoms with Crippen molar-refractivity contribution in [3.05, 3.63) is 29.8 Å². The molecule has 1 aliphatic heterocycles. The SMILES string of the molecule is Cc1ccc(NC(=O)CN2CCNCC2C(=O)O)cc1. The number of carbonyl (C=O) groups excluding carboxylic acids is 1. The Labute approximate surface area is 117 Å². The van der Waals surface area contributed by atoms with Gasteiger partial charge in [-0.25, -0.2) is 0 Å². The number of hydrogen-bond acceptors (Lipinski definition) is 4. The lowest BCUT2D eigenvalue weighted by Crippen LogP contribution is -2.56. The van der Waals surface area contributed by atoms with E-state index in [0.29, 0.717) is 19.6 Å². The highest BCUT2D eigenvalue weighted by Crippen LogP contribution is 2.09. The van der Waals surface area contributed by atoms with Gasteiger partial charge in [0.1, 0.15) is 6.04 Å². The number of aryl methyl sites for hydroxylation is 1. The predicted molar refractivity (Wildman–Crippen MR) is 75.7 cm³/mol. The molecule has 0 bridgehead atoms. The maximum absolute atomic E-state index is 12.0. The molecule has 0 spiro atoms. The molecule has 1 atom stereocenters. The van der Waals surface area contributed by atoms with Gasteiger partial charge in [-0.3, -0.25) is 14.5 Å². The van der Waals surface area contributed by atoms with Gasteiger partial charge in [-0.05, 0) is 19.1 Å². The van der Waals surface area contributed by atoms with Crippen molar-refractivity contribution in [3.63, 3.8) is 0 Å². The number of aliphatic carboxylic acids is 1. The van der Waals surface area contributed by atoms with Crippen molar-refractivity contribution in [1.29, 1.82) is 0 Å². The first-order valence-corrected chi connectivity index (χ1v) is 6.60. The second kappa shape index (κ2) is 6.49. The van der Waals surface area contributed by atoms with Crippen molar-refractivity contribution >= 4 is 17.6 Å². The Kier molecular flexibility index (Phi) is 4.70. The highest BCUT2D eigenvalue weighted by molar-refractivity contribution is 5.92. The first-order valence-electron chi connectivity index (χ1n) is 6.60. The molecule has 1 amide bonds. The van der Waals surface area contributed by atoms with Crippen molar-refractivity contribution in [2.75, 3.05) is 31.5 Å². The summed E-state index contributed by atoms with van der Waals surface area (Å²) in [6.45, 7) is 3.68. The zero-order valence-electron chi connectivity index (χ0n) is 11.4. The van der Waals surface area contributed by atoms with Crippen molar-refractivity contribution in [2.45, 2.75) is 13.0 Å². The molecule has 1 unspecified atom stereocenters. The number of nitrogens with zero attached hydrogens (tertiary/aromatic N) is 1. The molecule has 1 fully saturated rings. The number of anilines is 1. The smallest absolute Gasteiger partial charge is 0.322 e. The molecule has 3 N–H and O–H groups in total. The number of amides is 1. The van der Waals surface area contributed by atoms with E-state index in [-0.39, 0.29) is 12.5 Å². The van der Waals surface area contributed by atoms with Crippen LogP contribution in [-0.4, -0.2) is 54.1 Å². The summed E-state index contributed by atoms with van der Waals surface area (Å²) in [6, 6.07) is 6.85. The van der Waals surface area contributed by atoms with E-state index in [2.05, 4.69) is 10.6 Å². The first kappa shape index (κ1) is 14.5. The normalized spacial score (nSPS) is 19.6. The number of rotatable bonds is 4. The van der Waals surface area contributed by atoms with Crippen LogP contribution >= 0.6 is 0 Å². The van der Waals surface area contributed by atoms with Crippen LogP contribution < -0.4 is 10.6 Å². The summed E-state index contributed by atoms with van der Waals surface area (Å²) in [6.07, 6.45) is 0. The van der Waals surface area contributed by atoms with Gasteiger partial charge in [-0.2, -0.15) is 0 Å². The van der Waals surface area contributed by atoms with Gasteiger partial charge in [-0.1, -0.05) is 17.7 Å². The lowest BCUT2D eigenvalue weighted by Gasteiger charge is -2.32. The molecule has 108 valence electrons. The zero-order valence-corrected chi connectivity index (χ0v) is 11.4. The van der Waals surface area contributed by atoms with Crippen LogP contribution in [0.5, 0.6) is 0 Å². The van der Waals surface area contributed by atoms with Gasteiger partial charge in [-0.15, -0.1) is 0 Å². The van der Waals surface area contributed by atoms with Crippen molar-refractivity contribution in [3.8, 4) is 0 Å². The third kappa shape index (κ3) is 3.79. The Hall–Kier alpha value is -1.92. The summed E-state index contributed by atoms with van der Waals surface area (Å²) < 4.78 is 0. The topological polar surface area (TPSA) is 81.7 Å². The molecule has 0 radical (unpaired) electrons.